The van der Waals surface area contributed by atoms with E-state index in [-0.39, 0.29) is 11.8 Å². The van der Waals surface area contributed by atoms with Crippen molar-refractivity contribution in [3.8, 4) is 0 Å². The van der Waals surface area contributed by atoms with Crippen molar-refractivity contribution in [3.05, 3.63) is 0 Å². The lowest BCUT2D eigenvalue weighted by atomic mass is 10.1. The van der Waals surface area contributed by atoms with Gasteiger partial charge in [-0.3, -0.25) is 9.59 Å². The number of hydrogen-bond acceptors (Lipinski definition) is 3. The third-order valence-electron chi connectivity index (χ3n) is 2.69. The first-order valence-corrected chi connectivity index (χ1v) is 5.82. The molecular weight excluding hydrogens is 208 g/mol. The minimum atomic E-state index is -0.776. The summed E-state index contributed by atoms with van der Waals surface area (Å²) in [7, 11) is 0. The maximum Gasteiger partial charge on any atom is 0.306 e. The van der Waals surface area contributed by atoms with Gasteiger partial charge in [-0.1, -0.05) is 6.92 Å². The molecule has 1 amide bonds. The molecule has 5 nitrogen and oxygen atoms in total. The first-order chi connectivity index (χ1) is 7.59. The van der Waals surface area contributed by atoms with Gasteiger partial charge in [0.15, 0.2) is 0 Å². The Morgan fingerprint density at radius 3 is 2.69 bits per heavy atom. The largest absolute Gasteiger partial charge is 0.481 e. The average molecular weight is 228 g/mol. The molecule has 0 saturated heterocycles. The SMILES string of the molecule is CC(CCCNC(=O)CNC1CC1)C(=O)O. The monoisotopic (exact) mass is 228 g/mol. The van der Waals surface area contributed by atoms with Gasteiger partial charge in [0.25, 0.3) is 0 Å². The van der Waals surface area contributed by atoms with Gasteiger partial charge in [-0.2, -0.15) is 0 Å². The molecule has 1 atom stereocenters. The molecule has 92 valence electrons. The lowest BCUT2D eigenvalue weighted by Crippen LogP contribution is -2.35. The minimum Gasteiger partial charge on any atom is -0.481 e. The van der Waals surface area contributed by atoms with Gasteiger partial charge >= 0.3 is 5.97 Å². The third-order valence-corrected chi connectivity index (χ3v) is 2.69. The van der Waals surface area contributed by atoms with Crippen LogP contribution in [0.5, 0.6) is 0 Å². The fraction of sp³-hybridized carbons (Fsp3) is 0.818. The summed E-state index contributed by atoms with van der Waals surface area (Å²) in [6.07, 6.45) is 3.65. The second kappa shape index (κ2) is 6.48. The van der Waals surface area contributed by atoms with Gasteiger partial charge in [0.1, 0.15) is 0 Å². The second-order valence-electron chi connectivity index (χ2n) is 4.39. The standard InChI is InChI=1S/C11H20N2O3/c1-8(11(15)16)3-2-6-12-10(14)7-13-9-4-5-9/h8-9,13H,2-7H2,1H3,(H,12,14)(H,15,16). The molecule has 1 aliphatic rings. The minimum absolute atomic E-state index is 0.00474. The van der Waals surface area contributed by atoms with Crippen LogP contribution in [0.3, 0.4) is 0 Å². The van der Waals surface area contributed by atoms with Gasteiger partial charge in [-0.25, -0.2) is 0 Å². The van der Waals surface area contributed by atoms with E-state index >= 15 is 0 Å². The molecule has 0 aromatic rings. The molecule has 0 aromatic heterocycles. The fourth-order valence-electron chi connectivity index (χ4n) is 1.35. The molecule has 0 heterocycles. The molecule has 0 aliphatic heterocycles. The van der Waals surface area contributed by atoms with Crippen LogP contribution in [-0.2, 0) is 9.59 Å². The highest BCUT2D eigenvalue weighted by atomic mass is 16.4. The molecule has 1 fully saturated rings. The Hall–Kier alpha value is -1.10. The normalized spacial score (nSPS) is 16.8. The number of nitrogens with one attached hydrogen (secondary N) is 2. The lowest BCUT2D eigenvalue weighted by molar-refractivity contribution is -0.141. The van der Waals surface area contributed by atoms with Gasteiger partial charge in [0.2, 0.25) is 5.91 Å². The molecule has 1 rings (SSSR count). The van der Waals surface area contributed by atoms with E-state index in [2.05, 4.69) is 10.6 Å². The van der Waals surface area contributed by atoms with E-state index in [0.29, 0.717) is 32.0 Å². The second-order valence-corrected chi connectivity index (χ2v) is 4.39. The van der Waals surface area contributed by atoms with Crippen molar-refractivity contribution in [2.24, 2.45) is 5.92 Å². The Morgan fingerprint density at radius 1 is 1.44 bits per heavy atom. The summed E-state index contributed by atoms with van der Waals surface area (Å²) in [6.45, 7) is 2.61. The average Bonchev–Trinajstić information content (AvgIpc) is 3.04. The van der Waals surface area contributed by atoms with Crippen molar-refractivity contribution >= 4 is 11.9 Å². The number of rotatable bonds is 8. The number of carbonyl (C=O) groups is 2. The molecule has 1 aliphatic carbocycles. The fourth-order valence-corrected chi connectivity index (χ4v) is 1.35. The predicted octanol–water partition coefficient (Wildman–Crippen LogP) is 0.355. The zero-order valence-corrected chi connectivity index (χ0v) is 9.66. The number of amides is 1. The highest BCUT2D eigenvalue weighted by molar-refractivity contribution is 5.78. The summed E-state index contributed by atoms with van der Waals surface area (Å²) < 4.78 is 0. The quantitative estimate of drug-likeness (QED) is 0.524. The molecule has 1 saturated carbocycles. The van der Waals surface area contributed by atoms with Gasteiger partial charge in [0.05, 0.1) is 12.5 Å². The summed E-state index contributed by atoms with van der Waals surface area (Å²) >= 11 is 0. The molecule has 0 aromatic carbocycles. The van der Waals surface area contributed by atoms with Gasteiger partial charge in [-0.05, 0) is 25.7 Å². The number of carbonyl (C=O) groups excluding carboxylic acids is 1. The zero-order valence-electron chi connectivity index (χ0n) is 9.66. The Labute approximate surface area is 95.6 Å². The number of carboxylic acid groups (broad SMARTS) is 1. The van der Waals surface area contributed by atoms with E-state index in [0.717, 1.165) is 0 Å². The Bertz CT molecular complexity index is 252. The van der Waals surface area contributed by atoms with Crippen molar-refractivity contribution in [2.75, 3.05) is 13.1 Å². The van der Waals surface area contributed by atoms with Crippen LogP contribution in [0.25, 0.3) is 0 Å². The highest BCUT2D eigenvalue weighted by Crippen LogP contribution is 2.17. The van der Waals surface area contributed by atoms with E-state index in [1.165, 1.54) is 12.8 Å². The topological polar surface area (TPSA) is 78.4 Å². The summed E-state index contributed by atoms with van der Waals surface area (Å²) in [5.74, 6) is -1.11. The smallest absolute Gasteiger partial charge is 0.306 e. The number of aliphatic carboxylic acids is 1. The Morgan fingerprint density at radius 2 is 2.12 bits per heavy atom. The summed E-state index contributed by atoms with van der Waals surface area (Å²) in [6, 6.07) is 0.540. The van der Waals surface area contributed by atoms with Crippen LogP contribution >= 0.6 is 0 Å². The lowest BCUT2D eigenvalue weighted by Gasteiger charge is -2.07. The molecule has 1 unspecified atom stereocenters. The first-order valence-electron chi connectivity index (χ1n) is 5.82. The maximum absolute atomic E-state index is 11.3. The van der Waals surface area contributed by atoms with Crippen LogP contribution in [0.1, 0.15) is 32.6 Å². The molecule has 0 bridgehead atoms. The van der Waals surface area contributed by atoms with E-state index in [1.807, 2.05) is 0 Å². The number of hydrogen-bond donors (Lipinski definition) is 3. The Balaban J connectivity index is 1.92. The number of carboxylic acids is 1. The molecule has 5 heteroatoms. The third kappa shape index (κ3) is 5.70. The molecule has 0 radical (unpaired) electrons. The Kier molecular flexibility index (Phi) is 5.25. The van der Waals surface area contributed by atoms with E-state index in [9.17, 15) is 9.59 Å². The van der Waals surface area contributed by atoms with E-state index < -0.39 is 5.97 Å². The van der Waals surface area contributed by atoms with Crippen molar-refractivity contribution in [1.29, 1.82) is 0 Å². The van der Waals surface area contributed by atoms with Crippen LogP contribution in [-0.4, -0.2) is 36.1 Å². The van der Waals surface area contributed by atoms with Gasteiger partial charge < -0.3 is 15.7 Å². The first kappa shape index (κ1) is 13.0. The van der Waals surface area contributed by atoms with Gasteiger partial charge in [0, 0.05) is 12.6 Å². The highest BCUT2D eigenvalue weighted by Gasteiger charge is 2.20. The summed E-state index contributed by atoms with van der Waals surface area (Å²) in [4.78, 5) is 21.8. The van der Waals surface area contributed by atoms with Crippen LogP contribution in [0.2, 0.25) is 0 Å². The van der Waals surface area contributed by atoms with E-state index in [1.54, 1.807) is 6.92 Å². The van der Waals surface area contributed by atoms with Crippen molar-refractivity contribution in [3.63, 3.8) is 0 Å². The van der Waals surface area contributed by atoms with Gasteiger partial charge in [-0.15, -0.1) is 0 Å². The molecule has 0 spiro atoms. The maximum atomic E-state index is 11.3. The van der Waals surface area contributed by atoms with Crippen molar-refractivity contribution in [2.45, 2.75) is 38.6 Å². The zero-order chi connectivity index (χ0) is 12.0. The summed E-state index contributed by atoms with van der Waals surface area (Å²) in [5.41, 5.74) is 0. The molecule has 16 heavy (non-hydrogen) atoms. The van der Waals surface area contributed by atoms with Crippen LogP contribution in [0, 0.1) is 5.92 Å². The van der Waals surface area contributed by atoms with E-state index in [4.69, 9.17) is 5.11 Å². The van der Waals surface area contributed by atoms with Crippen LogP contribution < -0.4 is 10.6 Å². The molecule has 3 N–H and O–H groups in total. The van der Waals surface area contributed by atoms with Crippen LogP contribution in [0.15, 0.2) is 0 Å². The van der Waals surface area contributed by atoms with Crippen molar-refractivity contribution < 1.29 is 14.7 Å². The molecular formula is C11H20N2O3. The van der Waals surface area contributed by atoms with Crippen LogP contribution in [0.4, 0.5) is 0 Å². The predicted molar refractivity (Wildman–Crippen MR) is 60.1 cm³/mol. The summed E-state index contributed by atoms with van der Waals surface area (Å²) in [5, 5.41) is 14.5. The van der Waals surface area contributed by atoms with Crippen molar-refractivity contribution in [1.82, 2.24) is 10.6 Å².